The first kappa shape index (κ1) is 13.1. The van der Waals surface area contributed by atoms with Gasteiger partial charge in [-0.2, -0.15) is 0 Å². The van der Waals surface area contributed by atoms with Crippen LogP contribution in [0.15, 0.2) is 12.4 Å². The number of aromatic nitrogens is 2. The van der Waals surface area contributed by atoms with Crippen LogP contribution in [0.2, 0.25) is 0 Å². The first-order valence-electron chi connectivity index (χ1n) is 6.38. The van der Waals surface area contributed by atoms with Crippen LogP contribution in [0.25, 0.3) is 0 Å². The summed E-state index contributed by atoms with van der Waals surface area (Å²) >= 11 is 0. The van der Waals surface area contributed by atoms with E-state index in [9.17, 15) is 5.11 Å². The Morgan fingerprint density at radius 3 is 2.50 bits per heavy atom. The lowest BCUT2D eigenvalue weighted by molar-refractivity contribution is 0.0299. The first-order valence-corrected chi connectivity index (χ1v) is 6.38. The van der Waals surface area contributed by atoms with E-state index in [0.29, 0.717) is 37.3 Å². The zero-order valence-corrected chi connectivity index (χ0v) is 11.3. The van der Waals surface area contributed by atoms with E-state index in [4.69, 9.17) is 4.74 Å². The minimum atomic E-state index is -0.601. The third kappa shape index (κ3) is 3.32. The summed E-state index contributed by atoms with van der Waals surface area (Å²) < 4.78 is 5.55. The van der Waals surface area contributed by atoms with E-state index in [1.165, 1.54) is 0 Å². The molecule has 0 bridgehead atoms. The molecule has 1 N–H and O–H groups in total. The lowest BCUT2D eigenvalue weighted by Crippen LogP contribution is -2.60. The summed E-state index contributed by atoms with van der Waals surface area (Å²) in [5.74, 6) is 1.98. The Morgan fingerprint density at radius 1 is 1.39 bits per heavy atom. The number of aliphatic hydroxyl groups is 1. The molecule has 0 spiro atoms. The van der Waals surface area contributed by atoms with Crippen LogP contribution in [0.5, 0.6) is 5.75 Å². The molecule has 0 atom stereocenters. The molecule has 5 heteroatoms. The largest absolute Gasteiger partial charge is 0.490 e. The van der Waals surface area contributed by atoms with Gasteiger partial charge in [0.2, 0.25) is 5.95 Å². The van der Waals surface area contributed by atoms with Gasteiger partial charge in [0, 0.05) is 0 Å². The Kier molecular flexibility index (Phi) is 3.71. The van der Waals surface area contributed by atoms with Crippen molar-refractivity contribution in [1.82, 2.24) is 9.97 Å². The Balaban J connectivity index is 1.83. The summed E-state index contributed by atoms with van der Waals surface area (Å²) in [7, 11) is 0. The summed E-state index contributed by atoms with van der Waals surface area (Å²) in [6.45, 7) is 8.00. The van der Waals surface area contributed by atoms with Gasteiger partial charge in [0.05, 0.1) is 37.7 Å². The van der Waals surface area contributed by atoms with Crippen LogP contribution in [-0.4, -0.2) is 40.4 Å². The molecule has 1 aromatic rings. The van der Waals surface area contributed by atoms with Crippen LogP contribution in [0, 0.1) is 5.92 Å². The number of hydrogen-bond acceptors (Lipinski definition) is 5. The molecule has 1 aliphatic rings. The topological polar surface area (TPSA) is 58.5 Å². The van der Waals surface area contributed by atoms with Crippen molar-refractivity contribution in [3.63, 3.8) is 0 Å². The molecule has 0 saturated carbocycles. The van der Waals surface area contributed by atoms with Gasteiger partial charge in [-0.1, -0.05) is 13.8 Å². The highest BCUT2D eigenvalue weighted by atomic mass is 16.5. The summed E-state index contributed by atoms with van der Waals surface area (Å²) in [6, 6.07) is 0. The molecule has 1 aromatic heterocycles. The minimum Gasteiger partial charge on any atom is -0.490 e. The molecule has 0 aliphatic carbocycles. The van der Waals surface area contributed by atoms with Crippen LogP contribution < -0.4 is 9.64 Å². The molecule has 0 radical (unpaired) electrons. The van der Waals surface area contributed by atoms with Gasteiger partial charge in [-0.05, 0) is 19.3 Å². The van der Waals surface area contributed by atoms with Crippen molar-refractivity contribution in [3.05, 3.63) is 12.4 Å². The summed E-state index contributed by atoms with van der Waals surface area (Å²) in [6.07, 6.45) is 4.40. The van der Waals surface area contributed by atoms with Gasteiger partial charge < -0.3 is 14.7 Å². The predicted octanol–water partition coefficient (Wildman–Crippen LogP) is 1.47. The monoisotopic (exact) mass is 251 g/mol. The minimum absolute atomic E-state index is 0.584. The Labute approximate surface area is 108 Å². The normalized spacial score (nSPS) is 17.7. The van der Waals surface area contributed by atoms with Crippen molar-refractivity contribution in [2.45, 2.75) is 32.8 Å². The second kappa shape index (κ2) is 5.10. The van der Waals surface area contributed by atoms with Crippen molar-refractivity contribution < 1.29 is 9.84 Å². The van der Waals surface area contributed by atoms with Crippen molar-refractivity contribution in [2.75, 3.05) is 24.6 Å². The van der Waals surface area contributed by atoms with Crippen LogP contribution >= 0.6 is 0 Å². The van der Waals surface area contributed by atoms with E-state index in [-0.39, 0.29) is 0 Å². The quantitative estimate of drug-likeness (QED) is 0.859. The van der Waals surface area contributed by atoms with E-state index in [2.05, 4.69) is 23.8 Å². The molecule has 2 heterocycles. The maximum Gasteiger partial charge on any atom is 0.225 e. The Morgan fingerprint density at radius 2 is 2.00 bits per heavy atom. The molecule has 1 saturated heterocycles. The molecule has 2 rings (SSSR count). The molecular weight excluding hydrogens is 230 g/mol. The molecule has 100 valence electrons. The van der Waals surface area contributed by atoms with Crippen LogP contribution in [-0.2, 0) is 0 Å². The van der Waals surface area contributed by atoms with E-state index in [1.807, 2.05) is 11.8 Å². The highest BCUT2D eigenvalue weighted by molar-refractivity contribution is 5.37. The molecule has 0 amide bonds. The lowest BCUT2D eigenvalue weighted by atomic mass is 9.98. The van der Waals surface area contributed by atoms with E-state index in [1.54, 1.807) is 12.4 Å². The molecule has 0 unspecified atom stereocenters. The second-order valence-corrected chi connectivity index (χ2v) is 5.60. The fraction of sp³-hybridized carbons (Fsp3) is 0.692. The van der Waals surface area contributed by atoms with Crippen LogP contribution in [0.3, 0.4) is 0 Å². The van der Waals surface area contributed by atoms with Crippen molar-refractivity contribution >= 4 is 5.95 Å². The summed E-state index contributed by atoms with van der Waals surface area (Å²) in [4.78, 5) is 10.4. The maximum absolute atomic E-state index is 9.65. The second-order valence-electron chi connectivity index (χ2n) is 5.60. The van der Waals surface area contributed by atoms with Gasteiger partial charge in [0.25, 0.3) is 0 Å². The SMILES string of the molecule is CC(C)CCOc1cnc(N2CC(C)(O)C2)nc1. The third-order valence-corrected chi connectivity index (χ3v) is 2.92. The van der Waals surface area contributed by atoms with Gasteiger partial charge >= 0.3 is 0 Å². The number of β-amino-alcohol motifs (C(OH)–C–C–N with tert-alkyl or cyclic N) is 1. The number of ether oxygens (including phenoxy) is 1. The van der Waals surface area contributed by atoms with Gasteiger partial charge in [-0.25, -0.2) is 9.97 Å². The fourth-order valence-corrected chi connectivity index (χ4v) is 1.88. The number of rotatable bonds is 5. The zero-order valence-electron chi connectivity index (χ0n) is 11.3. The van der Waals surface area contributed by atoms with Crippen molar-refractivity contribution in [1.29, 1.82) is 0 Å². The van der Waals surface area contributed by atoms with Gasteiger partial charge in [-0.15, -0.1) is 0 Å². The average Bonchev–Trinajstić information content (AvgIpc) is 2.26. The predicted molar refractivity (Wildman–Crippen MR) is 69.8 cm³/mol. The highest BCUT2D eigenvalue weighted by Crippen LogP contribution is 2.24. The lowest BCUT2D eigenvalue weighted by Gasteiger charge is -2.44. The Bertz CT molecular complexity index is 382. The molecule has 0 aromatic carbocycles. The van der Waals surface area contributed by atoms with Crippen LogP contribution in [0.4, 0.5) is 5.95 Å². The number of hydrogen-bond donors (Lipinski definition) is 1. The molecule has 1 fully saturated rings. The van der Waals surface area contributed by atoms with E-state index >= 15 is 0 Å². The summed E-state index contributed by atoms with van der Waals surface area (Å²) in [5.41, 5.74) is -0.601. The van der Waals surface area contributed by atoms with Gasteiger partial charge in [-0.3, -0.25) is 0 Å². The smallest absolute Gasteiger partial charge is 0.225 e. The Hall–Kier alpha value is -1.36. The molecule has 18 heavy (non-hydrogen) atoms. The number of nitrogens with zero attached hydrogens (tertiary/aromatic N) is 3. The number of anilines is 1. The summed E-state index contributed by atoms with van der Waals surface area (Å²) in [5, 5.41) is 9.65. The molecule has 1 aliphatic heterocycles. The average molecular weight is 251 g/mol. The highest BCUT2D eigenvalue weighted by Gasteiger charge is 2.37. The van der Waals surface area contributed by atoms with Crippen LogP contribution in [0.1, 0.15) is 27.2 Å². The maximum atomic E-state index is 9.65. The standard InChI is InChI=1S/C13H21N3O2/c1-10(2)4-5-18-11-6-14-12(15-7-11)16-8-13(3,17)9-16/h6-7,10,17H,4-5,8-9H2,1-3H3. The zero-order chi connectivity index (χ0) is 13.2. The van der Waals surface area contributed by atoms with E-state index < -0.39 is 5.60 Å². The fourth-order valence-electron chi connectivity index (χ4n) is 1.88. The molecule has 5 nitrogen and oxygen atoms in total. The first-order chi connectivity index (χ1) is 8.46. The molecular formula is C13H21N3O2. The third-order valence-electron chi connectivity index (χ3n) is 2.92. The van der Waals surface area contributed by atoms with Gasteiger partial charge in [0.15, 0.2) is 5.75 Å². The van der Waals surface area contributed by atoms with Gasteiger partial charge in [0.1, 0.15) is 0 Å². The van der Waals surface area contributed by atoms with Crippen molar-refractivity contribution in [3.8, 4) is 5.75 Å². The van der Waals surface area contributed by atoms with E-state index in [0.717, 1.165) is 6.42 Å². The van der Waals surface area contributed by atoms with Crippen molar-refractivity contribution in [2.24, 2.45) is 5.92 Å².